The zero-order valence-electron chi connectivity index (χ0n) is 12.8. The fraction of sp³-hybridized carbons (Fsp3) is 0.538. The summed E-state index contributed by atoms with van der Waals surface area (Å²) in [5.74, 6) is -18.6. The van der Waals surface area contributed by atoms with Crippen LogP contribution in [0.25, 0.3) is 0 Å². The van der Waals surface area contributed by atoms with Gasteiger partial charge in [0.05, 0.1) is 5.92 Å². The van der Waals surface area contributed by atoms with Crippen LogP contribution in [0.1, 0.15) is 26.2 Å². The van der Waals surface area contributed by atoms with Crippen molar-refractivity contribution in [3.8, 4) is 0 Å². The quantitative estimate of drug-likeness (QED) is 0.250. The molecule has 0 radical (unpaired) electrons. The highest BCUT2D eigenvalue weighted by molar-refractivity contribution is 6.25. The lowest BCUT2D eigenvalue weighted by Gasteiger charge is -2.39. The summed E-state index contributed by atoms with van der Waals surface area (Å²) in [5, 5.41) is 55.5. The molecule has 0 saturated carbocycles. The van der Waals surface area contributed by atoms with E-state index < -0.39 is 59.0 Å². The summed E-state index contributed by atoms with van der Waals surface area (Å²) in [6, 6.07) is 0. The van der Waals surface area contributed by atoms with E-state index in [9.17, 15) is 59.4 Å². The minimum absolute atomic E-state index is 0.117. The maximum absolute atomic E-state index is 11.7. The first kappa shape index (κ1) is 21.8. The van der Waals surface area contributed by atoms with E-state index in [0.717, 1.165) is 0 Å². The molecule has 0 aromatic heterocycles. The second-order valence-corrected chi connectivity index (χ2v) is 5.12. The van der Waals surface area contributed by atoms with Crippen LogP contribution < -0.4 is 0 Å². The fourth-order valence-corrected chi connectivity index (χ4v) is 2.69. The highest BCUT2D eigenvalue weighted by Gasteiger charge is 2.80. The molecule has 140 valence electrons. The molecule has 12 nitrogen and oxygen atoms in total. The Morgan fingerprint density at radius 2 is 1.08 bits per heavy atom. The summed E-state index contributed by atoms with van der Waals surface area (Å²) >= 11 is 0. The molecular weight excluding hydrogens is 348 g/mol. The van der Waals surface area contributed by atoms with E-state index in [1.807, 2.05) is 0 Å². The number of carboxylic acids is 6. The molecule has 0 aliphatic heterocycles. The van der Waals surface area contributed by atoms with Crippen molar-refractivity contribution in [2.45, 2.75) is 26.2 Å². The summed E-state index contributed by atoms with van der Waals surface area (Å²) in [7, 11) is 0. The maximum atomic E-state index is 11.7. The highest BCUT2D eigenvalue weighted by atomic mass is 16.4. The summed E-state index contributed by atoms with van der Waals surface area (Å²) in [4.78, 5) is 69.3. The lowest BCUT2D eigenvalue weighted by molar-refractivity contribution is -0.209. The predicted octanol–water partition coefficient (Wildman–Crippen LogP) is -0.727. The van der Waals surface area contributed by atoms with Crippen LogP contribution in [0.15, 0.2) is 0 Å². The first-order chi connectivity index (χ1) is 11.4. The van der Waals surface area contributed by atoms with Crippen LogP contribution in [0.3, 0.4) is 0 Å². The monoisotopic (exact) mass is 364 g/mol. The maximum Gasteiger partial charge on any atom is 0.334 e. The average Bonchev–Trinajstić information content (AvgIpc) is 2.43. The Morgan fingerprint density at radius 3 is 1.28 bits per heavy atom. The van der Waals surface area contributed by atoms with Crippen LogP contribution in [0.4, 0.5) is 0 Å². The van der Waals surface area contributed by atoms with Gasteiger partial charge in [-0.25, -0.2) is 0 Å². The molecule has 0 amide bonds. The second kappa shape index (κ2) is 7.59. The number of rotatable bonds is 11. The normalized spacial score (nSPS) is 12.8. The molecule has 25 heavy (non-hydrogen) atoms. The highest BCUT2D eigenvalue weighted by Crippen LogP contribution is 2.49. The topological polar surface area (TPSA) is 224 Å². The minimum atomic E-state index is -4.47. The molecule has 6 N–H and O–H groups in total. The molecular formula is C13H16O12. The zero-order chi connectivity index (χ0) is 20.2. The van der Waals surface area contributed by atoms with E-state index in [1.165, 1.54) is 6.92 Å². The Labute approximate surface area is 139 Å². The van der Waals surface area contributed by atoms with Crippen LogP contribution in [-0.2, 0) is 28.8 Å². The van der Waals surface area contributed by atoms with Crippen molar-refractivity contribution < 1.29 is 59.4 Å². The van der Waals surface area contributed by atoms with Crippen LogP contribution >= 0.6 is 0 Å². The number of carbonyl (C=O) groups is 6. The van der Waals surface area contributed by atoms with E-state index in [4.69, 9.17) is 0 Å². The minimum Gasteiger partial charge on any atom is -0.481 e. The van der Waals surface area contributed by atoms with Gasteiger partial charge in [0.1, 0.15) is 0 Å². The number of hydrogen-bond acceptors (Lipinski definition) is 6. The van der Waals surface area contributed by atoms with Gasteiger partial charge in [-0.15, -0.1) is 0 Å². The zero-order valence-corrected chi connectivity index (χ0v) is 12.8. The Bertz CT molecular complexity index is 568. The third-order valence-electron chi connectivity index (χ3n) is 3.90. The van der Waals surface area contributed by atoms with Gasteiger partial charge in [-0.1, -0.05) is 19.8 Å². The van der Waals surface area contributed by atoms with Gasteiger partial charge < -0.3 is 30.6 Å². The predicted molar refractivity (Wildman–Crippen MR) is 73.7 cm³/mol. The van der Waals surface area contributed by atoms with E-state index in [1.54, 1.807) is 0 Å². The van der Waals surface area contributed by atoms with Gasteiger partial charge in [-0.3, -0.25) is 28.8 Å². The van der Waals surface area contributed by atoms with Crippen molar-refractivity contribution in [2.75, 3.05) is 0 Å². The molecule has 0 fully saturated rings. The van der Waals surface area contributed by atoms with Gasteiger partial charge in [0, 0.05) is 0 Å². The molecule has 0 saturated heterocycles. The van der Waals surface area contributed by atoms with Crippen molar-refractivity contribution >= 4 is 35.8 Å². The van der Waals surface area contributed by atoms with Gasteiger partial charge in [0.25, 0.3) is 5.41 Å². The van der Waals surface area contributed by atoms with E-state index in [2.05, 4.69) is 0 Å². The number of carboxylic acid groups (broad SMARTS) is 6. The summed E-state index contributed by atoms with van der Waals surface area (Å²) in [6.07, 6.45) is -0.659. The lowest BCUT2D eigenvalue weighted by Crippen LogP contribution is -2.68. The third kappa shape index (κ3) is 2.97. The van der Waals surface area contributed by atoms with Crippen molar-refractivity contribution in [3.05, 3.63) is 0 Å². The number of aliphatic carboxylic acids is 6. The largest absolute Gasteiger partial charge is 0.481 e. The van der Waals surface area contributed by atoms with E-state index in [-0.39, 0.29) is 12.8 Å². The smallest absolute Gasteiger partial charge is 0.334 e. The Morgan fingerprint density at radius 1 is 0.720 bits per heavy atom. The van der Waals surface area contributed by atoms with Gasteiger partial charge in [0.2, 0.25) is 5.41 Å². The van der Waals surface area contributed by atoms with Crippen molar-refractivity contribution in [3.63, 3.8) is 0 Å². The molecule has 0 heterocycles. The lowest BCUT2D eigenvalue weighted by atomic mass is 9.55. The summed E-state index contributed by atoms with van der Waals surface area (Å²) in [5.41, 5.74) is -8.67. The molecule has 0 aliphatic rings. The summed E-state index contributed by atoms with van der Waals surface area (Å²) in [6.45, 7) is 1.51. The van der Waals surface area contributed by atoms with Gasteiger partial charge in [-0.2, -0.15) is 0 Å². The van der Waals surface area contributed by atoms with Gasteiger partial charge >= 0.3 is 35.8 Å². The number of unbranched alkanes of at least 4 members (excludes halogenated alkanes) is 1. The van der Waals surface area contributed by atoms with Crippen molar-refractivity contribution in [1.82, 2.24) is 0 Å². The van der Waals surface area contributed by atoms with Crippen LogP contribution in [0, 0.1) is 16.7 Å². The first-order valence-corrected chi connectivity index (χ1v) is 6.76. The van der Waals surface area contributed by atoms with Gasteiger partial charge in [0.15, 0.2) is 0 Å². The van der Waals surface area contributed by atoms with Crippen molar-refractivity contribution in [2.24, 2.45) is 16.7 Å². The fourth-order valence-electron chi connectivity index (χ4n) is 2.69. The molecule has 1 atom stereocenters. The molecule has 0 spiro atoms. The molecule has 1 unspecified atom stereocenters. The molecule has 0 bridgehead atoms. The van der Waals surface area contributed by atoms with Crippen molar-refractivity contribution in [1.29, 1.82) is 0 Å². The molecule has 0 aromatic carbocycles. The third-order valence-corrected chi connectivity index (χ3v) is 3.90. The number of hydrogen-bond donors (Lipinski definition) is 6. The van der Waals surface area contributed by atoms with Crippen LogP contribution in [0.5, 0.6) is 0 Å². The van der Waals surface area contributed by atoms with E-state index >= 15 is 0 Å². The Kier molecular flexibility index (Phi) is 6.63. The van der Waals surface area contributed by atoms with E-state index in [0.29, 0.717) is 0 Å². The first-order valence-electron chi connectivity index (χ1n) is 6.76. The van der Waals surface area contributed by atoms with Gasteiger partial charge in [-0.05, 0) is 6.42 Å². The average molecular weight is 364 g/mol. The molecule has 12 heteroatoms. The molecule has 0 aliphatic carbocycles. The van der Waals surface area contributed by atoms with Crippen LogP contribution in [0.2, 0.25) is 0 Å². The standard InChI is InChI=1S/C13H16O12/c1-2-3-4-5(6(14)15)12(7(16)17,8(18)19)13(9(20)21,10(22)23)11(24)25/h5H,2-4H2,1H3,(H,14,15)(H,16,17)(H,18,19)(H,20,21)(H,22,23)(H,24,25). The Balaban J connectivity index is 7.30. The summed E-state index contributed by atoms with van der Waals surface area (Å²) < 4.78 is 0. The Hall–Kier alpha value is -3.18. The molecule has 0 aromatic rings. The SMILES string of the molecule is CCCCC(C(=O)O)C(C(=O)O)(C(=O)O)C(C(=O)O)(C(=O)O)C(=O)O. The molecule has 0 rings (SSSR count). The second-order valence-electron chi connectivity index (χ2n) is 5.12. The van der Waals surface area contributed by atoms with Crippen LogP contribution in [-0.4, -0.2) is 66.5 Å².